The van der Waals surface area contributed by atoms with E-state index in [0.717, 1.165) is 25.9 Å². The van der Waals surface area contributed by atoms with Crippen LogP contribution in [0.3, 0.4) is 0 Å². The lowest BCUT2D eigenvalue weighted by molar-refractivity contribution is -0.131. The Morgan fingerprint density at radius 3 is 2.76 bits per heavy atom. The average Bonchev–Trinajstić information content (AvgIpc) is 2.55. The molecule has 2 N–H and O–H groups in total. The van der Waals surface area contributed by atoms with Crippen molar-refractivity contribution in [3.63, 3.8) is 0 Å². The predicted molar refractivity (Wildman–Crippen MR) is 64.5 cm³/mol. The summed E-state index contributed by atoms with van der Waals surface area (Å²) in [5, 5.41) is 6.09. The number of amides is 3. The van der Waals surface area contributed by atoms with Crippen LogP contribution >= 0.6 is 0 Å². The molecule has 2 aliphatic heterocycles. The van der Waals surface area contributed by atoms with Gasteiger partial charge in [0, 0.05) is 6.54 Å². The first-order chi connectivity index (χ1) is 8.07. The molecule has 0 aromatic rings. The summed E-state index contributed by atoms with van der Waals surface area (Å²) in [5.41, 5.74) is -0.695. The number of hydrogen-bond donors (Lipinski definition) is 2. The molecule has 2 aliphatic rings. The molecule has 0 aromatic carbocycles. The van der Waals surface area contributed by atoms with Gasteiger partial charge in [-0.05, 0) is 45.2 Å². The number of imide groups is 1. The van der Waals surface area contributed by atoms with Crippen LogP contribution in [0.5, 0.6) is 0 Å². The standard InChI is InChI=1S/C12H21N3O2/c1-3-12(2)10(16)15(11(17)14-12)8-9-5-4-6-13-7-9/h9,13H,3-8H2,1-2H3,(H,14,17). The summed E-state index contributed by atoms with van der Waals surface area (Å²) in [6.45, 7) is 6.21. The van der Waals surface area contributed by atoms with Crippen LogP contribution in [0.25, 0.3) is 0 Å². The van der Waals surface area contributed by atoms with E-state index in [2.05, 4.69) is 10.6 Å². The molecule has 2 unspecified atom stereocenters. The second kappa shape index (κ2) is 4.64. The summed E-state index contributed by atoms with van der Waals surface area (Å²) in [7, 11) is 0. The van der Waals surface area contributed by atoms with Crippen molar-refractivity contribution in [2.75, 3.05) is 19.6 Å². The van der Waals surface area contributed by atoms with Gasteiger partial charge in [-0.2, -0.15) is 0 Å². The minimum Gasteiger partial charge on any atom is -0.323 e. The Labute approximate surface area is 102 Å². The van der Waals surface area contributed by atoms with Crippen LogP contribution in [0.2, 0.25) is 0 Å². The number of rotatable bonds is 3. The fraction of sp³-hybridized carbons (Fsp3) is 0.833. The first-order valence-corrected chi connectivity index (χ1v) is 6.41. The maximum atomic E-state index is 12.2. The van der Waals surface area contributed by atoms with Crippen molar-refractivity contribution in [3.8, 4) is 0 Å². The van der Waals surface area contributed by atoms with Crippen molar-refractivity contribution >= 4 is 11.9 Å². The lowest BCUT2D eigenvalue weighted by Crippen LogP contribution is -2.44. The normalized spacial score (nSPS) is 34.0. The van der Waals surface area contributed by atoms with Crippen LogP contribution in [0.4, 0.5) is 4.79 Å². The Morgan fingerprint density at radius 2 is 2.24 bits per heavy atom. The number of hydrogen-bond acceptors (Lipinski definition) is 3. The van der Waals surface area contributed by atoms with Crippen LogP contribution in [-0.2, 0) is 4.79 Å². The van der Waals surface area contributed by atoms with Gasteiger partial charge in [-0.3, -0.25) is 9.69 Å². The number of piperidine rings is 1. The Hall–Kier alpha value is -1.10. The van der Waals surface area contributed by atoms with Gasteiger partial charge in [-0.25, -0.2) is 4.79 Å². The number of nitrogens with one attached hydrogen (secondary N) is 2. The van der Waals surface area contributed by atoms with E-state index < -0.39 is 5.54 Å². The molecule has 0 bridgehead atoms. The molecule has 17 heavy (non-hydrogen) atoms. The molecule has 2 fully saturated rings. The summed E-state index contributed by atoms with van der Waals surface area (Å²) in [5.74, 6) is 0.327. The van der Waals surface area contributed by atoms with E-state index >= 15 is 0 Å². The van der Waals surface area contributed by atoms with Crippen molar-refractivity contribution in [1.82, 2.24) is 15.5 Å². The van der Waals surface area contributed by atoms with Gasteiger partial charge in [0.15, 0.2) is 0 Å². The molecule has 96 valence electrons. The van der Waals surface area contributed by atoms with E-state index in [1.165, 1.54) is 4.90 Å². The fourth-order valence-electron chi connectivity index (χ4n) is 2.49. The minimum absolute atomic E-state index is 0.0735. The number of urea groups is 1. The number of carbonyl (C=O) groups is 2. The Balaban J connectivity index is 2.01. The summed E-state index contributed by atoms with van der Waals surface area (Å²) in [6, 6.07) is -0.232. The van der Waals surface area contributed by atoms with E-state index in [1.54, 1.807) is 6.92 Å². The van der Waals surface area contributed by atoms with E-state index in [4.69, 9.17) is 0 Å². The molecular formula is C12H21N3O2. The smallest absolute Gasteiger partial charge is 0.323 e. The molecule has 2 heterocycles. The molecule has 0 aromatic heterocycles. The third kappa shape index (κ3) is 2.29. The maximum Gasteiger partial charge on any atom is 0.325 e. The quantitative estimate of drug-likeness (QED) is 0.713. The zero-order valence-electron chi connectivity index (χ0n) is 10.6. The van der Waals surface area contributed by atoms with Gasteiger partial charge >= 0.3 is 6.03 Å². The van der Waals surface area contributed by atoms with Gasteiger partial charge in [0.1, 0.15) is 5.54 Å². The Kier molecular flexibility index (Phi) is 3.38. The van der Waals surface area contributed by atoms with Crippen LogP contribution in [0.1, 0.15) is 33.1 Å². The van der Waals surface area contributed by atoms with Crippen molar-refractivity contribution in [2.45, 2.75) is 38.6 Å². The predicted octanol–water partition coefficient (Wildman–Crippen LogP) is 0.706. The number of carbonyl (C=O) groups excluding carboxylic acids is 2. The molecule has 2 saturated heterocycles. The third-order valence-electron chi connectivity index (χ3n) is 3.89. The Morgan fingerprint density at radius 1 is 1.47 bits per heavy atom. The average molecular weight is 239 g/mol. The largest absolute Gasteiger partial charge is 0.325 e. The highest BCUT2D eigenvalue weighted by Gasteiger charge is 2.46. The zero-order chi connectivity index (χ0) is 12.5. The highest BCUT2D eigenvalue weighted by molar-refractivity contribution is 6.06. The fourth-order valence-corrected chi connectivity index (χ4v) is 2.49. The summed E-state index contributed by atoms with van der Waals surface area (Å²) in [4.78, 5) is 25.4. The lowest BCUT2D eigenvalue weighted by Gasteiger charge is -2.26. The summed E-state index contributed by atoms with van der Waals surface area (Å²) < 4.78 is 0. The topological polar surface area (TPSA) is 61.4 Å². The molecule has 0 spiro atoms. The van der Waals surface area contributed by atoms with E-state index in [1.807, 2.05) is 6.92 Å². The molecule has 0 radical (unpaired) electrons. The molecule has 5 heteroatoms. The summed E-state index contributed by atoms with van der Waals surface area (Å²) >= 11 is 0. The van der Waals surface area contributed by atoms with Gasteiger partial charge in [0.25, 0.3) is 5.91 Å². The zero-order valence-corrected chi connectivity index (χ0v) is 10.6. The van der Waals surface area contributed by atoms with Gasteiger partial charge in [0.05, 0.1) is 0 Å². The van der Waals surface area contributed by atoms with Crippen LogP contribution in [-0.4, -0.2) is 42.0 Å². The van der Waals surface area contributed by atoms with Gasteiger partial charge in [0.2, 0.25) is 0 Å². The van der Waals surface area contributed by atoms with Crippen molar-refractivity contribution in [3.05, 3.63) is 0 Å². The van der Waals surface area contributed by atoms with Crippen molar-refractivity contribution in [1.29, 1.82) is 0 Å². The SMILES string of the molecule is CCC1(C)NC(=O)N(CC2CCCNC2)C1=O. The van der Waals surface area contributed by atoms with Crippen molar-refractivity contribution in [2.24, 2.45) is 5.92 Å². The van der Waals surface area contributed by atoms with Gasteiger partial charge in [-0.15, -0.1) is 0 Å². The molecule has 5 nitrogen and oxygen atoms in total. The molecular weight excluding hydrogens is 218 g/mol. The van der Waals surface area contributed by atoms with Gasteiger partial charge < -0.3 is 10.6 Å². The third-order valence-corrected chi connectivity index (χ3v) is 3.89. The monoisotopic (exact) mass is 239 g/mol. The van der Waals surface area contributed by atoms with Crippen LogP contribution in [0.15, 0.2) is 0 Å². The van der Waals surface area contributed by atoms with Gasteiger partial charge in [-0.1, -0.05) is 6.92 Å². The molecule has 2 atom stereocenters. The van der Waals surface area contributed by atoms with E-state index in [9.17, 15) is 9.59 Å². The van der Waals surface area contributed by atoms with E-state index in [0.29, 0.717) is 18.9 Å². The Bertz CT molecular complexity index is 326. The van der Waals surface area contributed by atoms with Crippen LogP contribution in [0, 0.1) is 5.92 Å². The molecule has 0 saturated carbocycles. The maximum absolute atomic E-state index is 12.2. The first-order valence-electron chi connectivity index (χ1n) is 6.41. The first kappa shape index (κ1) is 12.4. The number of nitrogens with zero attached hydrogens (tertiary/aromatic N) is 1. The van der Waals surface area contributed by atoms with Crippen molar-refractivity contribution < 1.29 is 9.59 Å². The lowest BCUT2D eigenvalue weighted by atomic mass is 9.97. The molecule has 0 aliphatic carbocycles. The highest BCUT2D eigenvalue weighted by atomic mass is 16.2. The second-order valence-corrected chi connectivity index (χ2v) is 5.24. The second-order valence-electron chi connectivity index (χ2n) is 5.24. The highest BCUT2D eigenvalue weighted by Crippen LogP contribution is 2.23. The van der Waals surface area contributed by atoms with Crippen LogP contribution < -0.4 is 10.6 Å². The minimum atomic E-state index is -0.695. The summed E-state index contributed by atoms with van der Waals surface area (Å²) in [6.07, 6.45) is 2.85. The molecule has 3 amide bonds. The molecule has 2 rings (SSSR count). The van der Waals surface area contributed by atoms with E-state index in [-0.39, 0.29) is 11.9 Å².